The van der Waals surface area contributed by atoms with Gasteiger partial charge in [-0.15, -0.1) is 0 Å². The van der Waals surface area contributed by atoms with Gasteiger partial charge in [-0.25, -0.2) is 17.6 Å². The third-order valence-electron chi connectivity index (χ3n) is 3.61. The minimum absolute atomic E-state index is 0.343. The molecule has 0 bridgehead atoms. The van der Waals surface area contributed by atoms with Crippen molar-refractivity contribution in [3.05, 3.63) is 28.5 Å². The van der Waals surface area contributed by atoms with E-state index in [1.54, 1.807) is 0 Å². The Hall–Kier alpha value is -1.18. The second kappa shape index (κ2) is 5.90. The third-order valence-corrected chi connectivity index (χ3v) is 5.87. The van der Waals surface area contributed by atoms with Crippen LogP contribution in [0, 0.1) is 11.7 Å². The van der Waals surface area contributed by atoms with Gasteiger partial charge in [-0.05, 0) is 30.9 Å². The summed E-state index contributed by atoms with van der Waals surface area (Å²) in [5.41, 5.74) is -0.555. The minimum atomic E-state index is -3.91. The Morgan fingerprint density at radius 3 is 2.48 bits per heavy atom. The van der Waals surface area contributed by atoms with Gasteiger partial charge < -0.3 is 5.11 Å². The van der Waals surface area contributed by atoms with Crippen LogP contribution in [-0.2, 0) is 10.0 Å². The number of hydrogen-bond acceptors (Lipinski definition) is 3. The predicted molar refractivity (Wildman–Crippen MR) is 75.5 cm³/mol. The number of piperidine rings is 1. The number of rotatable bonds is 3. The van der Waals surface area contributed by atoms with Crippen LogP contribution in [-0.4, -0.2) is 36.9 Å². The largest absolute Gasteiger partial charge is 0.478 e. The molecular weight excluding hydrogens is 321 g/mol. The molecule has 0 aromatic heterocycles. The molecule has 1 N–H and O–H groups in total. The van der Waals surface area contributed by atoms with Crippen molar-refractivity contribution in [2.45, 2.75) is 24.7 Å². The molecule has 0 spiro atoms. The minimum Gasteiger partial charge on any atom is -0.478 e. The summed E-state index contributed by atoms with van der Waals surface area (Å²) in [5.74, 6) is -2.09. The van der Waals surface area contributed by atoms with Crippen LogP contribution in [0.4, 0.5) is 4.39 Å². The number of nitrogens with zero attached hydrogens (tertiary/aromatic N) is 1. The molecule has 1 aromatic rings. The average Bonchev–Trinajstić information content (AvgIpc) is 2.41. The highest BCUT2D eigenvalue weighted by molar-refractivity contribution is 7.89. The van der Waals surface area contributed by atoms with Crippen molar-refractivity contribution in [2.75, 3.05) is 13.1 Å². The van der Waals surface area contributed by atoms with Crippen molar-refractivity contribution in [1.29, 1.82) is 0 Å². The van der Waals surface area contributed by atoms with Crippen LogP contribution < -0.4 is 0 Å². The number of benzene rings is 1. The Kier molecular flexibility index (Phi) is 4.55. The Morgan fingerprint density at radius 2 is 1.95 bits per heavy atom. The van der Waals surface area contributed by atoms with Gasteiger partial charge in [0.15, 0.2) is 0 Å². The number of carboxylic acids is 1. The predicted octanol–water partition coefficient (Wildman–Crippen LogP) is 2.60. The van der Waals surface area contributed by atoms with E-state index >= 15 is 0 Å². The van der Waals surface area contributed by atoms with E-state index < -0.39 is 32.4 Å². The number of sulfonamides is 1. The molecule has 116 valence electrons. The van der Waals surface area contributed by atoms with Crippen molar-refractivity contribution in [2.24, 2.45) is 5.92 Å². The first-order valence-corrected chi connectivity index (χ1v) is 8.27. The highest BCUT2D eigenvalue weighted by Gasteiger charge is 2.30. The molecule has 0 amide bonds. The number of aromatic carboxylic acids is 1. The molecule has 0 atom stereocenters. The zero-order valence-electron chi connectivity index (χ0n) is 11.3. The van der Waals surface area contributed by atoms with E-state index in [4.69, 9.17) is 16.7 Å². The SMILES string of the molecule is CC1CCN(S(=O)(=O)c2cc(F)c(Cl)c(C(=O)O)c2)CC1. The molecule has 1 heterocycles. The zero-order valence-corrected chi connectivity index (χ0v) is 12.9. The number of halogens is 2. The van der Waals surface area contributed by atoms with Crippen LogP contribution in [0.1, 0.15) is 30.1 Å². The van der Waals surface area contributed by atoms with Gasteiger partial charge in [-0.1, -0.05) is 18.5 Å². The molecule has 0 unspecified atom stereocenters. The van der Waals surface area contributed by atoms with E-state index in [1.807, 2.05) is 6.92 Å². The lowest BCUT2D eigenvalue weighted by Crippen LogP contribution is -2.38. The molecule has 2 rings (SSSR count). The highest BCUT2D eigenvalue weighted by Crippen LogP contribution is 2.28. The van der Waals surface area contributed by atoms with E-state index in [1.165, 1.54) is 4.31 Å². The molecule has 5 nitrogen and oxygen atoms in total. The monoisotopic (exact) mass is 335 g/mol. The van der Waals surface area contributed by atoms with Crippen molar-refractivity contribution >= 4 is 27.6 Å². The fourth-order valence-electron chi connectivity index (χ4n) is 2.24. The van der Waals surface area contributed by atoms with Crippen LogP contribution >= 0.6 is 11.6 Å². The first-order chi connectivity index (χ1) is 9.73. The van der Waals surface area contributed by atoms with Gasteiger partial charge in [-0.3, -0.25) is 0 Å². The maximum atomic E-state index is 13.7. The van der Waals surface area contributed by atoms with Gasteiger partial charge in [0.25, 0.3) is 0 Å². The first kappa shape index (κ1) is 16.2. The summed E-state index contributed by atoms with van der Waals surface area (Å²) in [6, 6.07) is 1.67. The number of carbonyl (C=O) groups is 1. The van der Waals surface area contributed by atoms with E-state index in [9.17, 15) is 17.6 Å². The van der Waals surface area contributed by atoms with Gasteiger partial charge >= 0.3 is 5.97 Å². The number of hydrogen-bond donors (Lipinski definition) is 1. The Balaban J connectivity index is 2.43. The summed E-state index contributed by atoms with van der Waals surface area (Å²) in [6.45, 7) is 2.72. The van der Waals surface area contributed by atoms with Crippen LogP contribution in [0.5, 0.6) is 0 Å². The Labute approximate surface area is 127 Å². The average molecular weight is 336 g/mol. The lowest BCUT2D eigenvalue weighted by atomic mass is 10.0. The maximum absolute atomic E-state index is 13.7. The van der Waals surface area contributed by atoms with E-state index in [0.29, 0.717) is 19.0 Å². The lowest BCUT2D eigenvalue weighted by molar-refractivity contribution is 0.0696. The molecule has 21 heavy (non-hydrogen) atoms. The van der Waals surface area contributed by atoms with E-state index in [0.717, 1.165) is 25.0 Å². The molecule has 1 saturated heterocycles. The van der Waals surface area contributed by atoms with Crippen molar-refractivity contribution in [3.8, 4) is 0 Å². The molecule has 8 heteroatoms. The molecule has 0 radical (unpaired) electrons. The van der Waals surface area contributed by atoms with Gasteiger partial charge in [0.05, 0.1) is 15.5 Å². The van der Waals surface area contributed by atoms with Gasteiger partial charge in [-0.2, -0.15) is 4.31 Å². The molecule has 0 saturated carbocycles. The first-order valence-electron chi connectivity index (χ1n) is 6.46. The van der Waals surface area contributed by atoms with E-state index in [2.05, 4.69) is 0 Å². The van der Waals surface area contributed by atoms with Crippen molar-refractivity contribution in [1.82, 2.24) is 4.31 Å². The van der Waals surface area contributed by atoms with Crippen LogP contribution in [0.25, 0.3) is 0 Å². The van der Waals surface area contributed by atoms with Gasteiger partial charge in [0.2, 0.25) is 10.0 Å². The summed E-state index contributed by atoms with van der Waals surface area (Å²) in [6.07, 6.45) is 1.45. The van der Waals surface area contributed by atoms with Gasteiger partial charge in [0.1, 0.15) is 5.82 Å². The Bertz CT molecular complexity index is 669. The highest BCUT2D eigenvalue weighted by atomic mass is 35.5. The Morgan fingerprint density at radius 1 is 1.38 bits per heavy atom. The number of carboxylic acid groups (broad SMARTS) is 1. The smallest absolute Gasteiger partial charge is 0.337 e. The summed E-state index contributed by atoms with van der Waals surface area (Å²) in [4.78, 5) is 10.6. The van der Waals surface area contributed by atoms with Crippen LogP contribution in [0.15, 0.2) is 17.0 Å². The maximum Gasteiger partial charge on any atom is 0.337 e. The summed E-state index contributed by atoms with van der Waals surface area (Å²) in [7, 11) is -3.91. The molecular formula is C13H15ClFNO4S. The molecule has 1 aliphatic rings. The topological polar surface area (TPSA) is 74.7 Å². The van der Waals surface area contributed by atoms with Crippen LogP contribution in [0.3, 0.4) is 0 Å². The third kappa shape index (κ3) is 3.20. The quantitative estimate of drug-likeness (QED) is 0.921. The summed E-state index contributed by atoms with van der Waals surface area (Å²) in [5, 5.41) is 8.38. The second-order valence-corrected chi connectivity index (χ2v) is 7.47. The zero-order chi connectivity index (χ0) is 15.8. The second-order valence-electron chi connectivity index (χ2n) is 5.16. The van der Waals surface area contributed by atoms with E-state index in [-0.39, 0.29) is 4.90 Å². The van der Waals surface area contributed by atoms with Crippen molar-refractivity contribution < 1.29 is 22.7 Å². The lowest BCUT2D eigenvalue weighted by Gasteiger charge is -2.29. The molecule has 0 aliphatic carbocycles. The standard InChI is InChI=1S/C13H15ClFNO4S/c1-8-2-4-16(5-3-8)21(19,20)9-6-10(13(17)18)12(14)11(15)7-9/h6-8H,2-5H2,1H3,(H,17,18). The molecule has 1 fully saturated rings. The van der Waals surface area contributed by atoms with Crippen molar-refractivity contribution in [3.63, 3.8) is 0 Å². The fourth-order valence-corrected chi connectivity index (χ4v) is 3.94. The molecule has 1 aromatic carbocycles. The fraction of sp³-hybridized carbons (Fsp3) is 0.462. The summed E-state index contributed by atoms with van der Waals surface area (Å²) < 4.78 is 39.8. The molecule has 1 aliphatic heterocycles. The normalized spacial score (nSPS) is 17.9. The summed E-state index contributed by atoms with van der Waals surface area (Å²) >= 11 is 5.55. The van der Waals surface area contributed by atoms with Gasteiger partial charge in [0, 0.05) is 13.1 Å². The van der Waals surface area contributed by atoms with Crippen LogP contribution in [0.2, 0.25) is 5.02 Å².